The van der Waals surface area contributed by atoms with E-state index in [1.165, 1.54) is 0 Å². The Morgan fingerprint density at radius 3 is 2.32 bits per heavy atom. The van der Waals surface area contributed by atoms with E-state index < -0.39 is 9.84 Å². The van der Waals surface area contributed by atoms with E-state index in [4.69, 9.17) is 4.42 Å². The molecule has 2 aliphatic rings. The summed E-state index contributed by atoms with van der Waals surface area (Å²) < 4.78 is 30.6. The van der Waals surface area contributed by atoms with E-state index >= 15 is 0 Å². The van der Waals surface area contributed by atoms with Crippen molar-refractivity contribution < 1.29 is 17.6 Å². The van der Waals surface area contributed by atoms with Crippen molar-refractivity contribution >= 4 is 15.7 Å². The molecule has 22 heavy (non-hydrogen) atoms. The van der Waals surface area contributed by atoms with Crippen molar-refractivity contribution in [2.45, 2.75) is 56.5 Å². The van der Waals surface area contributed by atoms with Crippen molar-refractivity contribution in [3.63, 3.8) is 0 Å². The van der Waals surface area contributed by atoms with Gasteiger partial charge >= 0.3 is 0 Å². The summed E-state index contributed by atoms with van der Waals surface area (Å²) in [7, 11) is -3.10. The van der Waals surface area contributed by atoms with Crippen LogP contribution in [-0.2, 0) is 9.84 Å². The lowest BCUT2D eigenvalue weighted by atomic mass is 10.0. The summed E-state index contributed by atoms with van der Waals surface area (Å²) in [5.74, 6) is 1.18. The summed E-state index contributed by atoms with van der Waals surface area (Å²) >= 11 is 0. The third kappa shape index (κ3) is 2.69. The molecule has 0 bridgehead atoms. The summed E-state index contributed by atoms with van der Waals surface area (Å²) in [6.07, 6.45) is 4.72. The first-order valence-electron chi connectivity index (χ1n) is 7.98. The summed E-state index contributed by atoms with van der Waals surface area (Å²) in [6.45, 7) is 4.20. The van der Waals surface area contributed by atoms with Crippen LogP contribution in [0.15, 0.2) is 10.5 Å². The maximum absolute atomic E-state index is 12.6. The third-order valence-corrected chi connectivity index (χ3v) is 7.52. The van der Waals surface area contributed by atoms with Crippen molar-refractivity contribution in [1.82, 2.24) is 4.90 Å². The SMILES string of the molecule is Cc1cc(C(=O)N2CC(S(=O)(=O)C3CCCCC3)C2)c(C)o1. The van der Waals surface area contributed by atoms with Crippen LogP contribution in [-0.4, -0.2) is 42.8 Å². The molecule has 0 aromatic carbocycles. The first kappa shape index (κ1) is 15.6. The smallest absolute Gasteiger partial charge is 0.257 e. The van der Waals surface area contributed by atoms with Gasteiger partial charge in [0, 0.05) is 13.1 Å². The van der Waals surface area contributed by atoms with E-state index in [0.29, 0.717) is 30.2 Å². The minimum absolute atomic E-state index is 0.121. The van der Waals surface area contributed by atoms with Crippen LogP contribution >= 0.6 is 0 Å². The van der Waals surface area contributed by atoms with Crippen molar-refractivity contribution in [1.29, 1.82) is 0 Å². The quantitative estimate of drug-likeness (QED) is 0.856. The van der Waals surface area contributed by atoms with Gasteiger partial charge in [-0.2, -0.15) is 0 Å². The van der Waals surface area contributed by atoms with Gasteiger partial charge in [0.2, 0.25) is 0 Å². The molecule has 3 rings (SSSR count). The molecule has 1 saturated heterocycles. The number of carbonyl (C=O) groups is 1. The number of aryl methyl sites for hydroxylation is 2. The molecule has 122 valence electrons. The lowest BCUT2D eigenvalue weighted by Crippen LogP contribution is -2.58. The summed E-state index contributed by atoms with van der Waals surface area (Å²) in [6, 6.07) is 1.72. The number of furan rings is 1. The van der Waals surface area contributed by atoms with Crippen molar-refractivity contribution in [3.05, 3.63) is 23.2 Å². The zero-order valence-electron chi connectivity index (χ0n) is 13.2. The Morgan fingerprint density at radius 2 is 1.77 bits per heavy atom. The molecule has 0 atom stereocenters. The minimum atomic E-state index is -3.10. The summed E-state index contributed by atoms with van der Waals surface area (Å²) in [5, 5.41) is -0.575. The maximum atomic E-state index is 12.6. The predicted octanol–water partition coefficient (Wildman–Crippen LogP) is 2.47. The molecular formula is C16H23NO4S. The molecule has 1 saturated carbocycles. The number of amides is 1. The molecule has 1 aliphatic heterocycles. The van der Waals surface area contributed by atoms with Crippen LogP contribution in [0.2, 0.25) is 0 Å². The third-order valence-electron chi connectivity index (χ3n) is 4.89. The lowest BCUT2D eigenvalue weighted by Gasteiger charge is -2.40. The number of hydrogen-bond donors (Lipinski definition) is 0. The summed E-state index contributed by atoms with van der Waals surface area (Å²) in [5.41, 5.74) is 0.547. The van der Waals surface area contributed by atoms with Crippen molar-refractivity contribution in [3.8, 4) is 0 Å². The second kappa shape index (κ2) is 5.72. The Bertz CT molecular complexity index is 664. The van der Waals surface area contributed by atoms with Crippen LogP contribution < -0.4 is 0 Å². The van der Waals surface area contributed by atoms with E-state index in [1.54, 1.807) is 24.8 Å². The van der Waals surface area contributed by atoms with Gasteiger partial charge in [-0.15, -0.1) is 0 Å². The number of hydrogen-bond acceptors (Lipinski definition) is 4. The topological polar surface area (TPSA) is 67.6 Å². The molecule has 5 nitrogen and oxygen atoms in total. The van der Waals surface area contributed by atoms with Gasteiger partial charge < -0.3 is 9.32 Å². The highest BCUT2D eigenvalue weighted by Gasteiger charge is 2.44. The molecule has 6 heteroatoms. The second-order valence-corrected chi connectivity index (χ2v) is 9.02. The number of sulfone groups is 1. The molecule has 0 spiro atoms. The van der Waals surface area contributed by atoms with Crippen molar-refractivity contribution in [2.75, 3.05) is 13.1 Å². The molecule has 1 amide bonds. The van der Waals surface area contributed by atoms with E-state index in [2.05, 4.69) is 0 Å². The molecular weight excluding hydrogens is 302 g/mol. The fraction of sp³-hybridized carbons (Fsp3) is 0.688. The van der Waals surface area contributed by atoms with Gasteiger partial charge in [-0.3, -0.25) is 4.79 Å². The van der Waals surface area contributed by atoms with Gasteiger partial charge in [-0.25, -0.2) is 8.42 Å². The highest BCUT2D eigenvalue weighted by atomic mass is 32.2. The Hall–Kier alpha value is -1.30. The van der Waals surface area contributed by atoms with Gasteiger partial charge in [-0.05, 0) is 32.8 Å². The Balaban J connectivity index is 1.64. The highest BCUT2D eigenvalue weighted by molar-refractivity contribution is 7.92. The molecule has 1 aromatic rings. The highest BCUT2D eigenvalue weighted by Crippen LogP contribution is 2.30. The molecule has 0 N–H and O–H groups in total. The Morgan fingerprint density at radius 1 is 1.14 bits per heavy atom. The maximum Gasteiger partial charge on any atom is 0.257 e. The minimum Gasteiger partial charge on any atom is -0.466 e. The fourth-order valence-electron chi connectivity index (χ4n) is 3.49. The van der Waals surface area contributed by atoms with Crippen molar-refractivity contribution in [2.24, 2.45) is 0 Å². The number of rotatable bonds is 3. The van der Waals surface area contributed by atoms with Crippen LogP contribution in [0.3, 0.4) is 0 Å². The van der Waals surface area contributed by atoms with Crippen LogP contribution in [0.1, 0.15) is 54.0 Å². The first-order chi connectivity index (χ1) is 10.4. The van der Waals surface area contributed by atoms with Gasteiger partial charge in [-0.1, -0.05) is 19.3 Å². The zero-order chi connectivity index (χ0) is 15.9. The van der Waals surface area contributed by atoms with E-state index in [1.807, 2.05) is 0 Å². The Kier molecular flexibility index (Phi) is 4.05. The number of carbonyl (C=O) groups excluding carboxylic acids is 1. The molecule has 2 fully saturated rings. The summed E-state index contributed by atoms with van der Waals surface area (Å²) in [4.78, 5) is 14.0. The number of nitrogens with zero attached hydrogens (tertiary/aromatic N) is 1. The molecule has 0 unspecified atom stereocenters. The molecule has 1 aliphatic carbocycles. The van der Waals surface area contributed by atoms with Crippen LogP contribution in [0.4, 0.5) is 0 Å². The largest absolute Gasteiger partial charge is 0.466 e. The number of likely N-dealkylation sites (tertiary alicyclic amines) is 1. The molecule has 2 heterocycles. The standard InChI is InChI=1S/C16H23NO4S/c1-11-8-15(12(2)21-11)16(18)17-9-14(10-17)22(19,20)13-6-4-3-5-7-13/h8,13-14H,3-7,9-10H2,1-2H3. The normalized spacial score (nSPS) is 20.9. The Labute approximate surface area is 131 Å². The monoisotopic (exact) mass is 325 g/mol. The van der Waals surface area contributed by atoms with Crippen LogP contribution in [0.25, 0.3) is 0 Å². The average Bonchev–Trinajstić information content (AvgIpc) is 2.76. The van der Waals surface area contributed by atoms with Gasteiger partial charge in [0.15, 0.2) is 9.84 Å². The van der Waals surface area contributed by atoms with Gasteiger partial charge in [0.1, 0.15) is 11.5 Å². The van der Waals surface area contributed by atoms with Gasteiger partial charge in [0.05, 0.1) is 16.1 Å². The zero-order valence-corrected chi connectivity index (χ0v) is 14.0. The van der Waals surface area contributed by atoms with E-state index in [-0.39, 0.29) is 16.4 Å². The fourth-order valence-corrected chi connectivity index (χ4v) is 5.80. The van der Waals surface area contributed by atoms with Crippen LogP contribution in [0, 0.1) is 13.8 Å². The van der Waals surface area contributed by atoms with E-state index in [9.17, 15) is 13.2 Å². The predicted molar refractivity (Wildman–Crippen MR) is 83.7 cm³/mol. The van der Waals surface area contributed by atoms with Gasteiger partial charge in [0.25, 0.3) is 5.91 Å². The molecule has 0 radical (unpaired) electrons. The van der Waals surface area contributed by atoms with E-state index in [0.717, 1.165) is 32.1 Å². The molecule has 1 aromatic heterocycles. The van der Waals surface area contributed by atoms with Crippen LogP contribution in [0.5, 0.6) is 0 Å². The first-order valence-corrected chi connectivity index (χ1v) is 9.59. The average molecular weight is 325 g/mol. The lowest BCUT2D eigenvalue weighted by molar-refractivity contribution is 0.0656. The second-order valence-electron chi connectivity index (χ2n) is 6.51.